The number of amides is 1. The molecule has 6 heteroatoms. The first kappa shape index (κ1) is 10.4. The van der Waals surface area contributed by atoms with Crippen LogP contribution in [-0.4, -0.2) is 45.3 Å². The monoisotopic (exact) mass is 191 g/mol. The SMILES string of the molecule is CC[C@@]1(O)O[C@H](C(N)=O)[C@@H](O)[C@H]1O. The smallest absolute Gasteiger partial charge is 0.249 e. The minimum atomic E-state index is -1.88. The van der Waals surface area contributed by atoms with Gasteiger partial charge in [0.25, 0.3) is 0 Å². The van der Waals surface area contributed by atoms with E-state index in [4.69, 9.17) is 10.5 Å². The average Bonchev–Trinajstić information content (AvgIpc) is 2.31. The third-order valence-corrected chi connectivity index (χ3v) is 2.21. The minimum Gasteiger partial charge on any atom is -0.387 e. The van der Waals surface area contributed by atoms with Crippen molar-refractivity contribution in [2.24, 2.45) is 5.73 Å². The highest BCUT2D eigenvalue weighted by molar-refractivity contribution is 5.80. The zero-order valence-corrected chi connectivity index (χ0v) is 7.17. The maximum atomic E-state index is 10.7. The third kappa shape index (κ3) is 1.53. The molecule has 5 N–H and O–H groups in total. The number of carbonyl (C=O) groups excluding carboxylic acids is 1. The van der Waals surface area contributed by atoms with Crippen LogP contribution in [0, 0.1) is 0 Å². The number of nitrogens with two attached hydrogens (primary N) is 1. The van der Waals surface area contributed by atoms with E-state index < -0.39 is 30.0 Å². The molecule has 0 radical (unpaired) electrons. The molecule has 1 aliphatic rings. The van der Waals surface area contributed by atoms with Gasteiger partial charge in [0.05, 0.1) is 0 Å². The number of hydrogen-bond acceptors (Lipinski definition) is 5. The standard InChI is InChI=1S/C7H13NO5/c1-2-7(12)5(10)3(9)4(13-7)6(8)11/h3-5,9-10,12H,2H2,1H3,(H2,8,11)/t3-,4+,5-,7-/m1/s1. The molecule has 1 heterocycles. The molecule has 0 spiro atoms. The van der Waals surface area contributed by atoms with Crippen molar-refractivity contribution in [3.63, 3.8) is 0 Å². The largest absolute Gasteiger partial charge is 0.387 e. The molecule has 1 fully saturated rings. The van der Waals surface area contributed by atoms with Crippen LogP contribution in [-0.2, 0) is 9.53 Å². The van der Waals surface area contributed by atoms with Crippen molar-refractivity contribution >= 4 is 5.91 Å². The summed E-state index contributed by atoms with van der Waals surface area (Å²) in [5, 5.41) is 28.1. The summed E-state index contributed by atoms with van der Waals surface area (Å²) >= 11 is 0. The maximum absolute atomic E-state index is 10.7. The van der Waals surface area contributed by atoms with Crippen molar-refractivity contribution in [3.8, 4) is 0 Å². The number of primary amides is 1. The highest BCUT2D eigenvalue weighted by atomic mass is 16.7. The lowest BCUT2D eigenvalue weighted by molar-refractivity contribution is -0.227. The van der Waals surface area contributed by atoms with Crippen molar-refractivity contribution in [1.29, 1.82) is 0 Å². The van der Waals surface area contributed by atoms with Gasteiger partial charge < -0.3 is 25.8 Å². The molecule has 1 amide bonds. The molecule has 0 bridgehead atoms. The van der Waals surface area contributed by atoms with E-state index in [1.165, 1.54) is 0 Å². The summed E-state index contributed by atoms with van der Waals surface area (Å²) in [6, 6.07) is 0. The van der Waals surface area contributed by atoms with Crippen molar-refractivity contribution in [3.05, 3.63) is 0 Å². The van der Waals surface area contributed by atoms with E-state index in [-0.39, 0.29) is 6.42 Å². The van der Waals surface area contributed by atoms with Crippen molar-refractivity contribution in [1.82, 2.24) is 0 Å². The van der Waals surface area contributed by atoms with Gasteiger partial charge in [0.1, 0.15) is 12.2 Å². The molecule has 1 saturated heterocycles. The van der Waals surface area contributed by atoms with Crippen LogP contribution in [0.1, 0.15) is 13.3 Å². The van der Waals surface area contributed by atoms with Gasteiger partial charge in [-0.1, -0.05) is 6.92 Å². The summed E-state index contributed by atoms with van der Waals surface area (Å²) in [6.45, 7) is 1.55. The van der Waals surface area contributed by atoms with Crippen LogP contribution in [0.2, 0.25) is 0 Å². The summed E-state index contributed by atoms with van der Waals surface area (Å²) in [7, 11) is 0. The summed E-state index contributed by atoms with van der Waals surface area (Å²) < 4.78 is 4.77. The van der Waals surface area contributed by atoms with Gasteiger partial charge in [-0.2, -0.15) is 0 Å². The van der Waals surface area contributed by atoms with Crippen LogP contribution in [0.3, 0.4) is 0 Å². The highest BCUT2D eigenvalue weighted by Crippen LogP contribution is 2.31. The number of rotatable bonds is 2. The zero-order valence-electron chi connectivity index (χ0n) is 7.17. The zero-order chi connectivity index (χ0) is 10.2. The van der Waals surface area contributed by atoms with Crippen molar-refractivity contribution in [2.45, 2.75) is 37.4 Å². The molecule has 0 aromatic rings. The maximum Gasteiger partial charge on any atom is 0.249 e. The van der Waals surface area contributed by atoms with Gasteiger partial charge in [-0.25, -0.2) is 0 Å². The first-order valence-electron chi connectivity index (χ1n) is 3.98. The highest BCUT2D eigenvalue weighted by Gasteiger charge is 2.54. The van der Waals surface area contributed by atoms with E-state index in [1.807, 2.05) is 0 Å². The van der Waals surface area contributed by atoms with Gasteiger partial charge in [0.2, 0.25) is 5.91 Å². The third-order valence-electron chi connectivity index (χ3n) is 2.21. The van der Waals surface area contributed by atoms with Crippen LogP contribution in [0.4, 0.5) is 0 Å². The number of ether oxygens (including phenoxy) is 1. The van der Waals surface area contributed by atoms with Crippen LogP contribution in [0.15, 0.2) is 0 Å². The van der Waals surface area contributed by atoms with Crippen LogP contribution in [0.5, 0.6) is 0 Å². The molecule has 4 atom stereocenters. The molecular formula is C7H13NO5. The Morgan fingerprint density at radius 2 is 2.15 bits per heavy atom. The van der Waals surface area contributed by atoms with Gasteiger partial charge in [0, 0.05) is 6.42 Å². The lowest BCUT2D eigenvalue weighted by Crippen LogP contribution is -2.43. The molecule has 1 rings (SSSR count). The Morgan fingerprint density at radius 3 is 2.38 bits per heavy atom. The molecule has 1 aliphatic heterocycles. The van der Waals surface area contributed by atoms with Gasteiger partial charge >= 0.3 is 0 Å². The Hall–Kier alpha value is -0.690. The minimum absolute atomic E-state index is 0.0645. The topological polar surface area (TPSA) is 113 Å². The summed E-state index contributed by atoms with van der Waals surface area (Å²) in [6.07, 6.45) is -4.26. The molecule has 0 aliphatic carbocycles. The summed E-state index contributed by atoms with van der Waals surface area (Å²) in [5.41, 5.74) is 4.88. The lowest BCUT2D eigenvalue weighted by atomic mass is 10.0. The summed E-state index contributed by atoms with van der Waals surface area (Å²) in [5.74, 6) is -2.78. The van der Waals surface area contributed by atoms with Crippen LogP contribution >= 0.6 is 0 Å². The number of aliphatic hydroxyl groups excluding tert-OH is 2. The van der Waals surface area contributed by atoms with Gasteiger partial charge in [-0.15, -0.1) is 0 Å². The van der Waals surface area contributed by atoms with Gasteiger partial charge in [0.15, 0.2) is 11.9 Å². The number of carbonyl (C=O) groups is 1. The van der Waals surface area contributed by atoms with Crippen molar-refractivity contribution < 1.29 is 24.9 Å². The second kappa shape index (κ2) is 3.22. The van der Waals surface area contributed by atoms with Crippen molar-refractivity contribution in [2.75, 3.05) is 0 Å². The Bertz CT molecular complexity index is 221. The quantitative estimate of drug-likeness (QED) is 0.391. The van der Waals surface area contributed by atoms with E-state index in [0.29, 0.717) is 0 Å². The first-order valence-corrected chi connectivity index (χ1v) is 3.98. The normalized spacial score (nSPS) is 45.1. The van der Waals surface area contributed by atoms with Gasteiger partial charge in [-0.05, 0) is 0 Å². The van der Waals surface area contributed by atoms with E-state index in [9.17, 15) is 20.1 Å². The fraction of sp³-hybridized carbons (Fsp3) is 0.857. The molecule has 0 aromatic heterocycles. The second-order valence-corrected chi connectivity index (χ2v) is 3.07. The Morgan fingerprint density at radius 1 is 1.62 bits per heavy atom. The number of aliphatic hydroxyl groups is 3. The fourth-order valence-electron chi connectivity index (χ4n) is 1.31. The molecule has 0 saturated carbocycles. The predicted molar refractivity (Wildman–Crippen MR) is 41.3 cm³/mol. The van der Waals surface area contributed by atoms with Gasteiger partial charge in [-0.3, -0.25) is 4.79 Å². The average molecular weight is 191 g/mol. The predicted octanol–water partition coefficient (Wildman–Crippen LogP) is -2.31. The summed E-state index contributed by atoms with van der Waals surface area (Å²) in [4.78, 5) is 10.7. The fourth-order valence-corrected chi connectivity index (χ4v) is 1.31. The molecule has 0 aromatic carbocycles. The van der Waals surface area contributed by atoms with E-state index in [1.54, 1.807) is 6.92 Å². The first-order chi connectivity index (χ1) is 5.92. The van der Waals surface area contributed by atoms with E-state index in [2.05, 4.69) is 0 Å². The Kier molecular flexibility index (Phi) is 2.58. The molecule has 6 nitrogen and oxygen atoms in total. The lowest BCUT2D eigenvalue weighted by Gasteiger charge is -2.23. The molecule has 0 unspecified atom stereocenters. The number of hydrogen-bond donors (Lipinski definition) is 4. The van der Waals surface area contributed by atoms with E-state index >= 15 is 0 Å². The van der Waals surface area contributed by atoms with E-state index in [0.717, 1.165) is 0 Å². The van der Waals surface area contributed by atoms with Crippen LogP contribution in [0.25, 0.3) is 0 Å². The Balaban J connectivity index is 2.84. The Labute approximate surface area is 74.9 Å². The van der Waals surface area contributed by atoms with Crippen LogP contribution < -0.4 is 5.73 Å². The molecule has 13 heavy (non-hydrogen) atoms. The second-order valence-electron chi connectivity index (χ2n) is 3.07. The molecule has 76 valence electrons. The molecular weight excluding hydrogens is 178 g/mol.